The van der Waals surface area contributed by atoms with E-state index in [1.807, 2.05) is 0 Å². The van der Waals surface area contributed by atoms with Crippen LogP contribution in [0.4, 0.5) is 11.5 Å². The Balaban J connectivity index is 3.01. The minimum absolute atomic E-state index is 0.172. The van der Waals surface area contributed by atoms with Gasteiger partial charge in [-0.2, -0.15) is 4.98 Å². The molecule has 0 atom stereocenters. The monoisotopic (exact) mass is 296 g/mol. The van der Waals surface area contributed by atoms with Gasteiger partial charge in [-0.1, -0.05) is 34.1 Å². The van der Waals surface area contributed by atoms with Gasteiger partial charge < -0.3 is 20.5 Å². The van der Waals surface area contributed by atoms with Gasteiger partial charge in [-0.15, -0.1) is 0 Å². The van der Waals surface area contributed by atoms with Crippen molar-refractivity contribution in [2.45, 2.75) is 46.0 Å². The van der Waals surface area contributed by atoms with Gasteiger partial charge in [0.05, 0.1) is 13.2 Å². The summed E-state index contributed by atoms with van der Waals surface area (Å²) in [6.45, 7) is 10.1. The highest BCUT2D eigenvalue weighted by atomic mass is 16.5. The first-order valence-electron chi connectivity index (χ1n) is 7.43. The van der Waals surface area contributed by atoms with Crippen LogP contribution in [0.5, 0.6) is 5.88 Å². The van der Waals surface area contributed by atoms with Crippen LogP contribution in [0.1, 0.15) is 46.4 Å². The van der Waals surface area contributed by atoms with Crippen molar-refractivity contribution in [1.29, 1.82) is 0 Å². The summed E-state index contributed by atoms with van der Waals surface area (Å²) in [6, 6.07) is 0. The van der Waals surface area contributed by atoms with Crippen LogP contribution < -0.4 is 15.8 Å². The number of nitrogens with two attached hydrogens (primary N) is 1. The van der Waals surface area contributed by atoms with E-state index in [1.165, 1.54) is 0 Å². The van der Waals surface area contributed by atoms with E-state index in [9.17, 15) is 0 Å². The normalized spacial score (nSPS) is 11.5. The van der Waals surface area contributed by atoms with Crippen LogP contribution in [-0.4, -0.2) is 36.8 Å². The van der Waals surface area contributed by atoms with E-state index in [4.69, 9.17) is 15.2 Å². The molecule has 0 aromatic carbocycles. The molecule has 0 aliphatic rings. The molecule has 1 rings (SSSR count). The first-order valence-corrected chi connectivity index (χ1v) is 7.43. The van der Waals surface area contributed by atoms with Crippen molar-refractivity contribution in [1.82, 2.24) is 9.97 Å². The van der Waals surface area contributed by atoms with Crippen LogP contribution in [0.15, 0.2) is 0 Å². The summed E-state index contributed by atoms with van der Waals surface area (Å²) in [7, 11) is 1.66. The van der Waals surface area contributed by atoms with Crippen LogP contribution in [0.2, 0.25) is 0 Å². The summed E-state index contributed by atoms with van der Waals surface area (Å²) in [6.07, 6.45) is 2.04. The first-order chi connectivity index (χ1) is 9.90. The highest BCUT2D eigenvalue weighted by Gasteiger charge is 2.22. The number of nitrogens with zero attached hydrogens (tertiary/aromatic N) is 2. The maximum absolute atomic E-state index is 6.11. The summed E-state index contributed by atoms with van der Waals surface area (Å²) in [5.74, 6) is 1.78. The zero-order valence-corrected chi connectivity index (χ0v) is 13.8. The van der Waals surface area contributed by atoms with Crippen molar-refractivity contribution < 1.29 is 9.47 Å². The van der Waals surface area contributed by atoms with Gasteiger partial charge >= 0.3 is 0 Å². The van der Waals surface area contributed by atoms with Crippen LogP contribution in [0, 0.1) is 0 Å². The lowest BCUT2D eigenvalue weighted by Gasteiger charge is -2.20. The standard InChI is InChI=1S/C15H28N4O2/c1-6-7-9-21-13-11(16)12(17-8-10-20-5)18-14(19-13)15(2,3)4/h6-10,16H2,1-5H3,(H,17,18,19). The number of nitrogen functional groups attached to an aromatic ring is 1. The molecular formula is C15H28N4O2. The molecule has 0 saturated carbocycles. The van der Waals surface area contributed by atoms with Crippen molar-refractivity contribution in [2.75, 3.05) is 37.9 Å². The fraction of sp³-hybridized carbons (Fsp3) is 0.733. The van der Waals surface area contributed by atoms with E-state index in [1.54, 1.807) is 7.11 Å². The Morgan fingerprint density at radius 3 is 2.48 bits per heavy atom. The molecule has 0 bridgehead atoms. The molecule has 6 heteroatoms. The molecule has 3 N–H and O–H groups in total. The SMILES string of the molecule is CCCCOc1nc(C(C)(C)C)nc(NCCOC)c1N. The van der Waals surface area contributed by atoms with Crippen LogP contribution in [0.3, 0.4) is 0 Å². The number of anilines is 2. The molecule has 0 unspecified atom stereocenters. The minimum atomic E-state index is -0.172. The van der Waals surface area contributed by atoms with E-state index in [2.05, 4.69) is 43.0 Å². The number of aromatic nitrogens is 2. The highest BCUT2D eigenvalue weighted by Crippen LogP contribution is 2.30. The molecule has 1 heterocycles. The van der Waals surface area contributed by atoms with Crippen molar-refractivity contribution in [3.63, 3.8) is 0 Å². The fourth-order valence-corrected chi connectivity index (χ4v) is 1.61. The summed E-state index contributed by atoms with van der Waals surface area (Å²) >= 11 is 0. The Morgan fingerprint density at radius 2 is 1.90 bits per heavy atom. The summed E-state index contributed by atoms with van der Waals surface area (Å²) < 4.78 is 10.7. The number of hydrogen-bond acceptors (Lipinski definition) is 6. The van der Waals surface area contributed by atoms with E-state index >= 15 is 0 Å². The third kappa shape index (κ3) is 5.38. The largest absolute Gasteiger partial charge is 0.476 e. The molecule has 120 valence electrons. The average Bonchev–Trinajstić information content (AvgIpc) is 2.41. The van der Waals surface area contributed by atoms with E-state index < -0.39 is 0 Å². The third-order valence-corrected chi connectivity index (χ3v) is 2.92. The fourth-order valence-electron chi connectivity index (χ4n) is 1.61. The lowest BCUT2D eigenvalue weighted by Crippen LogP contribution is -2.20. The van der Waals surface area contributed by atoms with Crippen molar-refractivity contribution in [3.05, 3.63) is 5.82 Å². The number of hydrogen-bond donors (Lipinski definition) is 2. The molecule has 0 saturated heterocycles. The summed E-state index contributed by atoms with van der Waals surface area (Å²) in [5, 5.41) is 3.18. The van der Waals surface area contributed by atoms with Gasteiger partial charge in [-0.05, 0) is 6.42 Å². The average molecular weight is 296 g/mol. The number of rotatable bonds is 8. The highest BCUT2D eigenvalue weighted by molar-refractivity contribution is 5.67. The Morgan fingerprint density at radius 1 is 1.19 bits per heavy atom. The maximum atomic E-state index is 6.11. The summed E-state index contributed by atoms with van der Waals surface area (Å²) in [5.41, 5.74) is 6.39. The van der Waals surface area contributed by atoms with E-state index in [-0.39, 0.29) is 5.41 Å². The van der Waals surface area contributed by atoms with Gasteiger partial charge in [0.2, 0.25) is 5.88 Å². The quantitative estimate of drug-likeness (QED) is 0.718. The van der Waals surface area contributed by atoms with Gasteiger partial charge in [-0.25, -0.2) is 4.98 Å². The molecule has 0 spiro atoms. The Hall–Kier alpha value is -1.56. The number of methoxy groups -OCH3 is 1. The Bertz CT molecular complexity index is 413. The van der Waals surface area contributed by atoms with E-state index in [0.717, 1.165) is 12.8 Å². The Labute approximate surface area is 127 Å². The number of unbranched alkanes of at least 4 members (excludes halogenated alkanes) is 1. The zero-order chi connectivity index (χ0) is 15.9. The second-order valence-electron chi connectivity index (χ2n) is 5.99. The topological polar surface area (TPSA) is 82.3 Å². The van der Waals surface area contributed by atoms with Crippen molar-refractivity contribution in [2.24, 2.45) is 0 Å². The molecule has 0 fully saturated rings. The molecule has 0 aliphatic heterocycles. The zero-order valence-electron chi connectivity index (χ0n) is 13.8. The maximum Gasteiger partial charge on any atom is 0.242 e. The molecule has 1 aromatic heterocycles. The molecule has 21 heavy (non-hydrogen) atoms. The van der Waals surface area contributed by atoms with Gasteiger partial charge in [0, 0.05) is 19.1 Å². The predicted molar refractivity (Wildman–Crippen MR) is 85.9 cm³/mol. The molecule has 0 radical (unpaired) electrons. The van der Waals surface area contributed by atoms with Gasteiger partial charge in [0.25, 0.3) is 0 Å². The molecule has 0 amide bonds. The van der Waals surface area contributed by atoms with Crippen LogP contribution in [-0.2, 0) is 10.2 Å². The lowest BCUT2D eigenvalue weighted by molar-refractivity contribution is 0.210. The number of nitrogens with one attached hydrogen (secondary N) is 1. The molecule has 6 nitrogen and oxygen atoms in total. The third-order valence-electron chi connectivity index (χ3n) is 2.92. The van der Waals surface area contributed by atoms with Crippen molar-refractivity contribution in [3.8, 4) is 5.88 Å². The van der Waals surface area contributed by atoms with Gasteiger partial charge in [-0.3, -0.25) is 0 Å². The molecule has 0 aliphatic carbocycles. The molecule has 1 aromatic rings. The smallest absolute Gasteiger partial charge is 0.242 e. The first kappa shape index (κ1) is 17.5. The second-order valence-corrected chi connectivity index (χ2v) is 5.99. The Kier molecular flexibility index (Phi) is 6.68. The van der Waals surface area contributed by atoms with Crippen LogP contribution >= 0.6 is 0 Å². The van der Waals surface area contributed by atoms with Gasteiger partial charge in [0.1, 0.15) is 11.5 Å². The number of ether oxygens (including phenoxy) is 2. The van der Waals surface area contributed by atoms with Crippen LogP contribution in [0.25, 0.3) is 0 Å². The van der Waals surface area contributed by atoms with Gasteiger partial charge in [0.15, 0.2) is 5.82 Å². The lowest BCUT2D eigenvalue weighted by atomic mass is 9.96. The van der Waals surface area contributed by atoms with Crippen molar-refractivity contribution >= 4 is 11.5 Å². The summed E-state index contributed by atoms with van der Waals surface area (Å²) in [4.78, 5) is 9.00. The minimum Gasteiger partial charge on any atom is -0.476 e. The second kappa shape index (κ2) is 8.02. The molecular weight excluding hydrogens is 268 g/mol. The van der Waals surface area contributed by atoms with E-state index in [0.29, 0.717) is 43.0 Å². The predicted octanol–water partition coefficient (Wildman–Crippen LogP) is 2.59.